The number of anilines is 1. The monoisotopic (exact) mass is 343 g/mol. The van der Waals surface area contributed by atoms with Crippen LogP contribution in [0.15, 0.2) is 65.4 Å². The van der Waals surface area contributed by atoms with Crippen LogP contribution < -0.4 is 5.32 Å². The molecule has 0 atom stereocenters. The van der Waals surface area contributed by atoms with Crippen molar-refractivity contribution in [3.63, 3.8) is 0 Å². The number of hydrogen-bond acceptors (Lipinski definition) is 3. The molecule has 0 aliphatic carbocycles. The van der Waals surface area contributed by atoms with Gasteiger partial charge in [0.1, 0.15) is 5.75 Å². The third kappa shape index (κ3) is 3.25. The Morgan fingerprint density at radius 1 is 1.14 bits per heavy atom. The zero-order valence-electron chi connectivity index (χ0n) is 11.2. The summed E-state index contributed by atoms with van der Waals surface area (Å²) < 4.78 is 2.52. The van der Waals surface area contributed by atoms with E-state index in [1.165, 1.54) is 0 Å². The highest BCUT2D eigenvalue weighted by molar-refractivity contribution is 9.10. The maximum Gasteiger partial charge on any atom is 0.129 e. The van der Waals surface area contributed by atoms with Gasteiger partial charge in [0.05, 0.1) is 10.2 Å². The van der Waals surface area contributed by atoms with E-state index >= 15 is 0 Å². The number of hydrogen-bond donors (Lipinski definition) is 2. The fourth-order valence-electron chi connectivity index (χ4n) is 2.04. The predicted molar refractivity (Wildman–Crippen MR) is 86.7 cm³/mol. The first-order valence-corrected chi connectivity index (χ1v) is 7.33. The molecule has 21 heavy (non-hydrogen) atoms. The van der Waals surface area contributed by atoms with E-state index in [0.717, 1.165) is 16.9 Å². The van der Waals surface area contributed by atoms with Crippen molar-refractivity contribution in [1.29, 1.82) is 0 Å². The molecule has 106 valence electrons. The molecule has 0 aliphatic heterocycles. The number of nitrogens with one attached hydrogen (secondary N) is 1. The highest BCUT2D eigenvalue weighted by Gasteiger charge is 2.01. The van der Waals surface area contributed by atoms with Crippen LogP contribution >= 0.6 is 15.9 Å². The first kappa shape index (κ1) is 13.7. The normalized spacial score (nSPS) is 10.5. The van der Waals surface area contributed by atoms with Gasteiger partial charge in [-0.3, -0.25) is 0 Å². The Labute approximate surface area is 131 Å². The van der Waals surface area contributed by atoms with Crippen LogP contribution in [0.4, 0.5) is 5.69 Å². The summed E-state index contributed by atoms with van der Waals surface area (Å²) in [4.78, 5) is 0. The van der Waals surface area contributed by atoms with Crippen LogP contribution in [0.1, 0.15) is 5.56 Å². The van der Waals surface area contributed by atoms with Gasteiger partial charge in [0.2, 0.25) is 0 Å². The van der Waals surface area contributed by atoms with Gasteiger partial charge in [-0.2, -0.15) is 5.10 Å². The minimum absolute atomic E-state index is 0.249. The van der Waals surface area contributed by atoms with E-state index in [4.69, 9.17) is 0 Å². The largest absolute Gasteiger partial charge is 0.507 e. The van der Waals surface area contributed by atoms with Gasteiger partial charge >= 0.3 is 0 Å². The second kappa shape index (κ2) is 6.01. The maximum atomic E-state index is 9.49. The van der Waals surface area contributed by atoms with Crippen LogP contribution in [0.3, 0.4) is 0 Å². The lowest BCUT2D eigenvalue weighted by Gasteiger charge is -2.09. The molecule has 2 N–H and O–H groups in total. The van der Waals surface area contributed by atoms with Crippen molar-refractivity contribution in [2.45, 2.75) is 6.54 Å². The molecule has 1 aromatic heterocycles. The summed E-state index contributed by atoms with van der Waals surface area (Å²) in [6.07, 6.45) is 3.67. The van der Waals surface area contributed by atoms with Gasteiger partial charge in [0.25, 0.3) is 0 Å². The molecular formula is C16H14BrN3O. The van der Waals surface area contributed by atoms with E-state index in [1.807, 2.05) is 53.3 Å². The van der Waals surface area contributed by atoms with Gasteiger partial charge in [-0.1, -0.05) is 12.1 Å². The summed E-state index contributed by atoms with van der Waals surface area (Å²) in [7, 11) is 0. The van der Waals surface area contributed by atoms with Gasteiger partial charge in [-0.25, -0.2) is 4.68 Å². The molecule has 2 aromatic carbocycles. The molecule has 0 spiro atoms. The van der Waals surface area contributed by atoms with Crippen molar-refractivity contribution in [3.8, 4) is 11.4 Å². The Morgan fingerprint density at radius 3 is 2.81 bits per heavy atom. The van der Waals surface area contributed by atoms with Crippen LogP contribution in [0.25, 0.3) is 5.69 Å². The number of halogens is 1. The summed E-state index contributed by atoms with van der Waals surface area (Å²) in [5.74, 6) is 0.249. The number of phenols is 1. The van der Waals surface area contributed by atoms with E-state index in [2.05, 4.69) is 26.3 Å². The molecule has 0 radical (unpaired) electrons. The average Bonchev–Trinajstić information content (AvgIpc) is 3.03. The molecule has 4 nitrogen and oxygen atoms in total. The molecule has 0 aliphatic rings. The number of phenolic OH excluding ortho intramolecular Hbond substituents is 1. The Balaban J connectivity index is 1.73. The van der Waals surface area contributed by atoms with E-state index < -0.39 is 0 Å². The van der Waals surface area contributed by atoms with E-state index in [0.29, 0.717) is 11.0 Å². The lowest BCUT2D eigenvalue weighted by molar-refractivity contribution is 0.471. The highest BCUT2D eigenvalue weighted by Crippen LogP contribution is 2.24. The van der Waals surface area contributed by atoms with Gasteiger partial charge in [-0.05, 0) is 57.9 Å². The fraction of sp³-hybridized carbons (Fsp3) is 0.0625. The van der Waals surface area contributed by atoms with Gasteiger partial charge < -0.3 is 10.4 Å². The smallest absolute Gasteiger partial charge is 0.129 e. The molecule has 0 fully saturated rings. The standard InChI is InChI=1S/C16H14BrN3O/c17-15-9-12(5-6-16(15)21)11-18-13-3-1-4-14(10-13)20-8-2-7-19-20/h1-10,18,21H,11H2. The Morgan fingerprint density at radius 2 is 2.05 bits per heavy atom. The number of rotatable bonds is 4. The number of aromatic hydroxyl groups is 1. The molecule has 3 rings (SSSR count). The molecule has 1 heterocycles. The fourth-order valence-corrected chi connectivity index (χ4v) is 2.47. The van der Waals surface area contributed by atoms with Crippen LogP contribution in [0.2, 0.25) is 0 Å². The predicted octanol–water partition coefficient (Wildman–Crippen LogP) is 3.95. The second-order valence-corrected chi connectivity index (χ2v) is 5.49. The number of nitrogens with zero attached hydrogens (tertiary/aromatic N) is 2. The number of benzene rings is 2. The number of aromatic nitrogens is 2. The second-order valence-electron chi connectivity index (χ2n) is 4.64. The average molecular weight is 344 g/mol. The van der Waals surface area contributed by atoms with Crippen LogP contribution in [0.5, 0.6) is 5.75 Å². The summed E-state index contributed by atoms with van der Waals surface area (Å²) in [6, 6.07) is 15.4. The minimum atomic E-state index is 0.249. The van der Waals surface area contributed by atoms with Crippen LogP contribution in [-0.4, -0.2) is 14.9 Å². The minimum Gasteiger partial charge on any atom is -0.507 e. The third-order valence-electron chi connectivity index (χ3n) is 3.12. The van der Waals surface area contributed by atoms with Crippen LogP contribution in [-0.2, 0) is 6.54 Å². The zero-order chi connectivity index (χ0) is 14.7. The van der Waals surface area contributed by atoms with Crippen molar-refractivity contribution in [3.05, 3.63) is 71.0 Å². The van der Waals surface area contributed by atoms with Crippen molar-refractivity contribution in [1.82, 2.24) is 9.78 Å². The zero-order valence-corrected chi connectivity index (χ0v) is 12.8. The summed E-state index contributed by atoms with van der Waals surface area (Å²) in [5.41, 5.74) is 3.12. The van der Waals surface area contributed by atoms with Crippen LogP contribution in [0, 0.1) is 0 Å². The summed E-state index contributed by atoms with van der Waals surface area (Å²) >= 11 is 3.32. The molecule has 3 aromatic rings. The van der Waals surface area contributed by atoms with Crippen molar-refractivity contribution in [2.75, 3.05) is 5.32 Å². The summed E-state index contributed by atoms with van der Waals surface area (Å²) in [5, 5.41) is 17.1. The van der Waals surface area contributed by atoms with Gasteiger partial charge in [0, 0.05) is 24.6 Å². The third-order valence-corrected chi connectivity index (χ3v) is 3.76. The lowest BCUT2D eigenvalue weighted by atomic mass is 10.2. The maximum absolute atomic E-state index is 9.49. The Bertz CT molecular complexity index is 741. The first-order valence-electron chi connectivity index (χ1n) is 6.54. The van der Waals surface area contributed by atoms with Gasteiger partial charge in [-0.15, -0.1) is 0 Å². The molecule has 0 bridgehead atoms. The summed E-state index contributed by atoms with van der Waals surface area (Å²) in [6.45, 7) is 0.682. The van der Waals surface area contributed by atoms with Crippen molar-refractivity contribution < 1.29 is 5.11 Å². The topological polar surface area (TPSA) is 50.1 Å². The molecular weight excluding hydrogens is 330 g/mol. The highest BCUT2D eigenvalue weighted by atomic mass is 79.9. The molecule has 0 unspecified atom stereocenters. The lowest BCUT2D eigenvalue weighted by Crippen LogP contribution is -2.01. The van der Waals surface area contributed by atoms with Crippen molar-refractivity contribution >= 4 is 21.6 Å². The SMILES string of the molecule is Oc1ccc(CNc2cccc(-n3cccn3)c2)cc1Br. The molecule has 0 saturated carbocycles. The van der Waals surface area contributed by atoms with Crippen molar-refractivity contribution in [2.24, 2.45) is 0 Å². The Hall–Kier alpha value is -2.27. The molecule has 0 saturated heterocycles. The van der Waals surface area contributed by atoms with E-state index in [9.17, 15) is 5.11 Å². The van der Waals surface area contributed by atoms with E-state index in [-0.39, 0.29) is 5.75 Å². The first-order chi connectivity index (χ1) is 10.2. The molecule has 5 heteroatoms. The van der Waals surface area contributed by atoms with E-state index in [1.54, 1.807) is 12.3 Å². The quantitative estimate of drug-likeness (QED) is 0.753. The molecule has 0 amide bonds. The Kier molecular flexibility index (Phi) is 3.92. The van der Waals surface area contributed by atoms with Gasteiger partial charge in [0.15, 0.2) is 0 Å².